The van der Waals surface area contributed by atoms with Crippen LogP contribution in [0.1, 0.15) is 27.9 Å². The Morgan fingerprint density at radius 2 is 2.32 bits per heavy atom. The Morgan fingerprint density at radius 1 is 1.58 bits per heavy atom. The third-order valence-corrected chi connectivity index (χ3v) is 4.02. The highest BCUT2D eigenvalue weighted by atomic mass is 32.1. The first-order chi connectivity index (χ1) is 9.00. The van der Waals surface area contributed by atoms with Gasteiger partial charge in [-0.25, -0.2) is 0 Å². The second kappa shape index (κ2) is 5.54. The lowest BCUT2D eigenvalue weighted by molar-refractivity contribution is -0.131. The molecule has 0 aromatic carbocycles. The third-order valence-electron chi connectivity index (χ3n) is 3.07. The van der Waals surface area contributed by atoms with Gasteiger partial charge in [0.25, 0.3) is 0 Å². The van der Waals surface area contributed by atoms with Crippen LogP contribution in [0.3, 0.4) is 0 Å². The fourth-order valence-corrected chi connectivity index (χ4v) is 2.59. The van der Waals surface area contributed by atoms with Gasteiger partial charge in [-0.2, -0.15) is 0 Å². The quantitative estimate of drug-likeness (QED) is 0.929. The van der Waals surface area contributed by atoms with Gasteiger partial charge in [-0.15, -0.1) is 11.3 Å². The zero-order valence-electron chi connectivity index (χ0n) is 11.2. The number of carbonyl (C=O) groups is 1. The normalized spacial score (nSPS) is 12.4. The molecular weight excluding hydrogens is 262 g/mol. The summed E-state index contributed by atoms with van der Waals surface area (Å²) < 4.78 is 5.09. The van der Waals surface area contributed by atoms with Crippen molar-refractivity contribution in [1.82, 2.24) is 10.1 Å². The number of aryl methyl sites for hydroxylation is 2. The number of hydrogen-bond acceptors (Lipinski definition) is 5. The Kier molecular flexibility index (Phi) is 4.01. The summed E-state index contributed by atoms with van der Waals surface area (Å²) in [6, 6.07) is 3.16. The second-order valence-electron chi connectivity index (χ2n) is 4.49. The summed E-state index contributed by atoms with van der Waals surface area (Å²) in [6.45, 7) is 4.16. The van der Waals surface area contributed by atoms with Gasteiger partial charge in [0, 0.05) is 17.5 Å². The fourth-order valence-electron chi connectivity index (χ4n) is 1.87. The molecule has 0 aliphatic carbocycles. The Morgan fingerprint density at radius 3 is 2.84 bits per heavy atom. The molecule has 0 aliphatic rings. The average molecular weight is 279 g/mol. The van der Waals surface area contributed by atoms with E-state index >= 15 is 0 Å². The van der Waals surface area contributed by atoms with Crippen LogP contribution >= 0.6 is 11.3 Å². The van der Waals surface area contributed by atoms with Crippen molar-refractivity contribution < 1.29 is 9.32 Å². The highest BCUT2D eigenvalue weighted by molar-refractivity contribution is 7.10. The van der Waals surface area contributed by atoms with Crippen LogP contribution in [0, 0.1) is 13.8 Å². The van der Waals surface area contributed by atoms with Crippen molar-refractivity contribution in [3.63, 3.8) is 0 Å². The van der Waals surface area contributed by atoms with Crippen LogP contribution < -0.4 is 5.73 Å². The first-order valence-corrected chi connectivity index (χ1v) is 6.84. The number of carbonyl (C=O) groups excluding carboxylic acids is 1. The van der Waals surface area contributed by atoms with E-state index in [1.165, 1.54) is 11.3 Å². The van der Waals surface area contributed by atoms with Crippen LogP contribution in [0.4, 0.5) is 0 Å². The number of rotatable bonds is 4. The first kappa shape index (κ1) is 13.8. The molecule has 1 unspecified atom stereocenters. The van der Waals surface area contributed by atoms with Crippen LogP contribution in [0.15, 0.2) is 22.0 Å². The van der Waals surface area contributed by atoms with Crippen LogP contribution in [0.25, 0.3) is 0 Å². The monoisotopic (exact) mass is 279 g/mol. The number of amides is 1. The molecule has 19 heavy (non-hydrogen) atoms. The van der Waals surface area contributed by atoms with Crippen LogP contribution in [-0.2, 0) is 11.3 Å². The molecule has 2 rings (SSSR count). The molecule has 0 bridgehead atoms. The van der Waals surface area contributed by atoms with Gasteiger partial charge in [0.1, 0.15) is 11.8 Å². The highest BCUT2D eigenvalue weighted by Crippen LogP contribution is 2.20. The zero-order chi connectivity index (χ0) is 14.0. The fraction of sp³-hybridized carbons (Fsp3) is 0.385. The van der Waals surface area contributed by atoms with Gasteiger partial charge in [-0.3, -0.25) is 4.79 Å². The van der Waals surface area contributed by atoms with Crippen molar-refractivity contribution in [1.29, 1.82) is 0 Å². The van der Waals surface area contributed by atoms with E-state index in [1.807, 2.05) is 31.4 Å². The standard InChI is InChI=1S/C13H17N3O2S/c1-8-10(9(2)18-15-8)7-16(3)13(17)12(14)11-5-4-6-19-11/h4-6,12H,7,14H2,1-3H3. The number of aromatic nitrogens is 1. The lowest BCUT2D eigenvalue weighted by Gasteiger charge is -2.20. The van der Waals surface area contributed by atoms with Crippen molar-refractivity contribution in [2.24, 2.45) is 5.73 Å². The van der Waals surface area contributed by atoms with E-state index in [-0.39, 0.29) is 5.91 Å². The molecule has 1 amide bonds. The summed E-state index contributed by atoms with van der Waals surface area (Å²) in [4.78, 5) is 14.7. The molecular formula is C13H17N3O2S. The summed E-state index contributed by atoms with van der Waals surface area (Å²) in [5.74, 6) is 0.629. The smallest absolute Gasteiger partial charge is 0.244 e. The summed E-state index contributed by atoms with van der Waals surface area (Å²) in [7, 11) is 1.74. The topological polar surface area (TPSA) is 72.4 Å². The molecule has 2 N–H and O–H groups in total. The summed E-state index contributed by atoms with van der Waals surface area (Å²) in [5.41, 5.74) is 7.72. The molecule has 2 heterocycles. The third kappa shape index (κ3) is 2.85. The predicted molar refractivity (Wildman–Crippen MR) is 73.7 cm³/mol. The molecule has 1 atom stereocenters. The minimum Gasteiger partial charge on any atom is -0.361 e. The van der Waals surface area contributed by atoms with Crippen LogP contribution in [0.5, 0.6) is 0 Å². The maximum absolute atomic E-state index is 12.2. The largest absolute Gasteiger partial charge is 0.361 e. The van der Waals surface area contributed by atoms with Gasteiger partial charge in [0.05, 0.1) is 12.2 Å². The number of thiophene rings is 1. The Balaban J connectivity index is 2.08. The van der Waals surface area contributed by atoms with Crippen molar-refractivity contribution in [2.45, 2.75) is 26.4 Å². The summed E-state index contributed by atoms with van der Waals surface area (Å²) in [5, 5.41) is 5.79. The average Bonchev–Trinajstić information content (AvgIpc) is 3.02. The SMILES string of the molecule is Cc1noc(C)c1CN(C)C(=O)C(N)c1cccs1. The van der Waals surface area contributed by atoms with E-state index < -0.39 is 6.04 Å². The Hall–Kier alpha value is -1.66. The first-order valence-electron chi connectivity index (χ1n) is 5.96. The van der Waals surface area contributed by atoms with Crippen molar-refractivity contribution in [3.05, 3.63) is 39.4 Å². The zero-order valence-corrected chi connectivity index (χ0v) is 12.0. The van der Waals surface area contributed by atoms with E-state index in [2.05, 4.69) is 5.16 Å². The van der Waals surface area contributed by atoms with Crippen LogP contribution in [0.2, 0.25) is 0 Å². The molecule has 0 radical (unpaired) electrons. The molecule has 0 fully saturated rings. The maximum atomic E-state index is 12.2. The molecule has 2 aromatic rings. The van der Waals surface area contributed by atoms with E-state index in [9.17, 15) is 4.79 Å². The Bertz CT molecular complexity index is 543. The van der Waals surface area contributed by atoms with Gasteiger partial charge in [0.2, 0.25) is 5.91 Å². The Labute approximate surface area is 116 Å². The number of hydrogen-bond donors (Lipinski definition) is 1. The van der Waals surface area contributed by atoms with E-state index in [0.29, 0.717) is 6.54 Å². The minimum atomic E-state index is -0.606. The lowest BCUT2D eigenvalue weighted by atomic mass is 10.1. The van der Waals surface area contributed by atoms with Crippen LogP contribution in [-0.4, -0.2) is 23.0 Å². The number of nitrogens with zero attached hydrogens (tertiary/aromatic N) is 2. The molecule has 0 saturated carbocycles. The van der Waals surface area contributed by atoms with E-state index in [0.717, 1.165) is 21.9 Å². The van der Waals surface area contributed by atoms with Gasteiger partial charge >= 0.3 is 0 Å². The second-order valence-corrected chi connectivity index (χ2v) is 5.47. The predicted octanol–water partition coefficient (Wildman–Crippen LogP) is 2.01. The molecule has 0 saturated heterocycles. The van der Waals surface area contributed by atoms with Gasteiger partial charge in [-0.05, 0) is 25.3 Å². The number of likely N-dealkylation sites (N-methyl/N-ethyl adjacent to an activating group) is 1. The molecule has 0 spiro atoms. The highest BCUT2D eigenvalue weighted by Gasteiger charge is 2.22. The van der Waals surface area contributed by atoms with E-state index in [4.69, 9.17) is 10.3 Å². The van der Waals surface area contributed by atoms with Crippen molar-refractivity contribution >= 4 is 17.2 Å². The summed E-state index contributed by atoms with van der Waals surface area (Å²) >= 11 is 1.49. The van der Waals surface area contributed by atoms with E-state index in [1.54, 1.807) is 11.9 Å². The van der Waals surface area contributed by atoms with Gasteiger partial charge in [-0.1, -0.05) is 11.2 Å². The van der Waals surface area contributed by atoms with Crippen molar-refractivity contribution in [2.75, 3.05) is 7.05 Å². The molecule has 0 aliphatic heterocycles. The van der Waals surface area contributed by atoms with Gasteiger partial charge in [0.15, 0.2) is 0 Å². The molecule has 6 heteroatoms. The van der Waals surface area contributed by atoms with Gasteiger partial charge < -0.3 is 15.2 Å². The maximum Gasteiger partial charge on any atom is 0.244 e. The molecule has 5 nitrogen and oxygen atoms in total. The lowest BCUT2D eigenvalue weighted by Crippen LogP contribution is -2.35. The summed E-state index contributed by atoms with van der Waals surface area (Å²) in [6.07, 6.45) is 0. The molecule has 2 aromatic heterocycles. The minimum absolute atomic E-state index is 0.109. The van der Waals surface area contributed by atoms with Crippen molar-refractivity contribution in [3.8, 4) is 0 Å². The number of nitrogens with two attached hydrogens (primary N) is 1. The molecule has 102 valence electrons.